The van der Waals surface area contributed by atoms with Crippen molar-refractivity contribution < 1.29 is 14.0 Å². The Kier molecular flexibility index (Phi) is 6.69. The fourth-order valence-corrected chi connectivity index (χ4v) is 4.82. The molecule has 0 bridgehead atoms. The maximum atomic E-state index is 13.0. The van der Waals surface area contributed by atoms with E-state index in [0.29, 0.717) is 29.5 Å². The smallest absolute Gasteiger partial charge is 0.321 e. The molecule has 0 atom stereocenters. The quantitative estimate of drug-likeness (QED) is 0.412. The molecule has 1 fully saturated rings. The first kappa shape index (κ1) is 22.9. The van der Waals surface area contributed by atoms with Crippen molar-refractivity contribution in [3.8, 4) is 0 Å². The summed E-state index contributed by atoms with van der Waals surface area (Å²) in [6.07, 6.45) is 0. The van der Waals surface area contributed by atoms with Crippen LogP contribution in [-0.4, -0.2) is 52.9 Å². The number of para-hydroxylation sites is 1. The second kappa shape index (κ2) is 10.2. The summed E-state index contributed by atoms with van der Waals surface area (Å²) >= 11 is 1.45. The number of halogens is 1. The van der Waals surface area contributed by atoms with Gasteiger partial charge in [0.1, 0.15) is 5.82 Å². The Morgan fingerprint density at radius 1 is 0.886 bits per heavy atom. The van der Waals surface area contributed by atoms with E-state index in [0.717, 1.165) is 35.4 Å². The fraction of sp³-hybridized carbons (Fsp3) is 0.192. The Morgan fingerprint density at radius 3 is 2.31 bits per heavy atom. The largest absolute Gasteiger partial charge is 0.322 e. The lowest BCUT2D eigenvalue weighted by Gasteiger charge is -2.34. The molecular weight excluding hydrogens is 465 g/mol. The molecule has 3 aromatic carbocycles. The van der Waals surface area contributed by atoms with Crippen LogP contribution >= 0.6 is 11.3 Å². The number of benzene rings is 3. The van der Waals surface area contributed by atoms with E-state index in [9.17, 15) is 14.0 Å². The van der Waals surface area contributed by atoms with Crippen LogP contribution < -0.4 is 10.6 Å². The normalized spacial score (nSPS) is 14.1. The van der Waals surface area contributed by atoms with Gasteiger partial charge in [-0.1, -0.05) is 35.6 Å². The number of thiazole rings is 1. The zero-order chi connectivity index (χ0) is 24.2. The Hall–Kier alpha value is -3.82. The van der Waals surface area contributed by atoms with Gasteiger partial charge in [-0.3, -0.25) is 15.0 Å². The number of hydrogen-bond acceptors (Lipinski definition) is 5. The van der Waals surface area contributed by atoms with Crippen LogP contribution in [0.4, 0.5) is 20.0 Å². The van der Waals surface area contributed by atoms with Gasteiger partial charge in [0.25, 0.3) is 5.91 Å². The minimum Gasteiger partial charge on any atom is -0.322 e. The summed E-state index contributed by atoms with van der Waals surface area (Å²) in [6, 6.07) is 20.9. The number of anilines is 2. The SMILES string of the molecule is O=C(Nc1nc2ccccc2s1)c1ccc(CN2CCN(C(=O)Nc3ccc(F)cc3)CC2)cc1. The summed E-state index contributed by atoms with van der Waals surface area (Å²) in [5.74, 6) is -0.519. The zero-order valence-electron chi connectivity index (χ0n) is 18.9. The van der Waals surface area contributed by atoms with Gasteiger partial charge in [-0.25, -0.2) is 14.2 Å². The van der Waals surface area contributed by atoms with Crippen LogP contribution in [0.5, 0.6) is 0 Å². The molecule has 0 saturated carbocycles. The van der Waals surface area contributed by atoms with E-state index in [1.807, 2.05) is 48.5 Å². The van der Waals surface area contributed by atoms with E-state index in [2.05, 4.69) is 20.5 Å². The summed E-state index contributed by atoms with van der Waals surface area (Å²) in [4.78, 5) is 33.6. The van der Waals surface area contributed by atoms with Gasteiger partial charge in [0, 0.05) is 44.0 Å². The molecule has 1 saturated heterocycles. The van der Waals surface area contributed by atoms with Gasteiger partial charge in [0.2, 0.25) is 0 Å². The van der Waals surface area contributed by atoms with Crippen LogP contribution in [0.2, 0.25) is 0 Å². The average molecular weight is 490 g/mol. The molecule has 1 aromatic heterocycles. The standard InChI is InChI=1S/C26H24FN5O2S/c27-20-9-11-21(12-10-20)28-26(34)32-15-13-31(14-16-32)17-18-5-7-19(8-6-18)24(33)30-25-29-22-3-1-2-4-23(22)35-25/h1-12H,13-17H2,(H,28,34)(H,29,30,33). The van der Waals surface area contributed by atoms with Crippen LogP contribution in [0.1, 0.15) is 15.9 Å². The van der Waals surface area contributed by atoms with Crippen molar-refractivity contribution in [2.75, 3.05) is 36.8 Å². The van der Waals surface area contributed by atoms with Gasteiger partial charge in [0.05, 0.1) is 10.2 Å². The molecule has 178 valence electrons. The second-order valence-electron chi connectivity index (χ2n) is 8.34. The molecule has 2 heterocycles. The maximum Gasteiger partial charge on any atom is 0.321 e. The van der Waals surface area contributed by atoms with Crippen molar-refractivity contribution >= 4 is 44.3 Å². The Bertz CT molecular complexity index is 1300. The van der Waals surface area contributed by atoms with Crippen molar-refractivity contribution in [1.29, 1.82) is 0 Å². The van der Waals surface area contributed by atoms with Crippen LogP contribution in [0, 0.1) is 5.82 Å². The molecule has 1 aliphatic rings. The fourth-order valence-electron chi connectivity index (χ4n) is 3.96. The van der Waals surface area contributed by atoms with Gasteiger partial charge >= 0.3 is 6.03 Å². The lowest BCUT2D eigenvalue weighted by Crippen LogP contribution is -2.49. The lowest BCUT2D eigenvalue weighted by atomic mass is 10.1. The third-order valence-electron chi connectivity index (χ3n) is 5.89. The molecule has 1 aliphatic heterocycles. The number of carbonyl (C=O) groups is 2. The molecule has 35 heavy (non-hydrogen) atoms. The van der Waals surface area contributed by atoms with Crippen molar-refractivity contribution in [1.82, 2.24) is 14.8 Å². The number of urea groups is 1. The van der Waals surface area contributed by atoms with Crippen molar-refractivity contribution in [3.63, 3.8) is 0 Å². The van der Waals surface area contributed by atoms with E-state index in [-0.39, 0.29) is 17.8 Å². The Morgan fingerprint density at radius 2 is 1.60 bits per heavy atom. The van der Waals surface area contributed by atoms with Crippen LogP contribution in [0.3, 0.4) is 0 Å². The van der Waals surface area contributed by atoms with E-state index >= 15 is 0 Å². The van der Waals surface area contributed by atoms with Crippen molar-refractivity contribution in [2.45, 2.75) is 6.54 Å². The van der Waals surface area contributed by atoms with Crippen molar-refractivity contribution in [2.24, 2.45) is 0 Å². The highest BCUT2D eigenvalue weighted by atomic mass is 32.1. The number of hydrogen-bond donors (Lipinski definition) is 2. The van der Waals surface area contributed by atoms with Gasteiger partial charge in [-0.05, 0) is 54.1 Å². The van der Waals surface area contributed by atoms with Crippen molar-refractivity contribution in [3.05, 3.63) is 89.7 Å². The molecule has 3 amide bonds. The second-order valence-corrected chi connectivity index (χ2v) is 9.37. The number of aromatic nitrogens is 1. The molecule has 2 N–H and O–H groups in total. The van der Waals surface area contributed by atoms with Crippen LogP contribution in [0.25, 0.3) is 10.2 Å². The number of amides is 3. The molecule has 0 spiro atoms. The minimum atomic E-state index is -0.335. The first-order valence-corrected chi connectivity index (χ1v) is 12.1. The summed E-state index contributed by atoms with van der Waals surface area (Å²) < 4.78 is 14.1. The monoisotopic (exact) mass is 489 g/mol. The third kappa shape index (κ3) is 5.64. The first-order valence-electron chi connectivity index (χ1n) is 11.3. The molecule has 4 aromatic rings. The highest BCUT2D eigenvalue weighted by Crippen LogP contribution is 2.25. The minimum absolute atomic E-state index is 0.181. The molecule has 5 rings (SSSR count). The zero-order valence-corrected chi connectivity index (χ0v) is 19.7. The number of piperazine rings is 1. The highest BCUT2D eigenvalue weighted by molar-refractivity contribution is 7.22. The Balaban J connectivity index is 1.10. The van der Waals surface area contributed by atoms with E-state index in [1.165, 1.54) is 23.5 Å². The van der Waals surface area contributed by atoms with E-state index in [4.69, 9.17) is 0 Å². The number of rotatable bonds is 5. The molecule has 9 heteroatoms. The lowest BCUT2D eigenvalue weighted by molar-refractivity contribution is 0.102. The highest BCUT2D eigenvalue weighted by Gasteiger charge is 2.21. The number of nitrogens with zero attached hydrogens (tertiary/aromatic N) is 3. The van der Waals surface area contributed by atoms with Crippen LogP contribution in [-0.2, 0) is 6.54 Å². The number of fused-ring (bicyclic) bond motifs is 1. The van der Waals surface area contributed by atoms with Crippen LogP contribution in [0.15, 0.2) is 72.8 Å². The third-order valence-corrected chi connectivity index (χ3v) is 6.84. The topological polar surface area (TPSA) is 77.6 Å². The summed E-state index contributed by atoms with van der Waals surface area (Å²) in [7, 11) is 0. The van der Waals surface area contributed by atoms with Gasteiger partial charge in [-0.2, -0.15) is 0 Å². The molecule has 0 unspecified atom stereocenters. The number of carbonyl (C=O) groups excluding carboxylic acids is 2. The van der Waals surface area contributed by atoms with Gasteiger partial charge in [0.15, 0.2) is 5.13 Å². The molecule has 0 aliphatic carbocycles. The van der Waals surface area contributed by atoms with E-state index in [1.54, 1.807) is 17.0 Å². The number of nitrogens with one attached hydrogen (secondary N) is 2. The van der Waals surface area contributed by atoms with Gasteiger partial charge < -0.3 is 10.2 Å². The first-order chi connectivity index (χ1) is 17.0. The summed E-state index contributed by atoms with van der Waals surface area (Å²) in [6.45, 7) is 3.45. The summed E-state index contributed by atoms with van der Waals surface area (Å²) in [5, 5.41) is 6.27. The summed E-state index contributed by atoms with van der Waals surface area (Å²) in [5.41, 5.74) is 3.13. The predicted octanol–water partition coefficient (Wildman–Crippen LogP) is 5.04. The molecule has 0 radical (unpaired) electrons. The predicted molar refractivity (Wildman–Crippen MR) is 136 cm³/mol. The van der Waals surface area contributed by atoms with Gasteiger partial charge in [-0.15, -0.1) is 0 Å². The Labute approximate surface area is 206 Å². The maximum absolute atomic E-state index is 13.0. The average Bonchev–Trinajstić information content (AvgIpc) is 3.28. The molecular formula is C26H24FN5O2S. The van der Waals surface area contributed by atoms with E-state index < -0.39 is 0 Å². The molecule has 7 nitrogen and oxygen atoms in total.